The molecule has 2 N–H and O–H groups in total. The number of benzene rings is 2. The third-order valence-corrected chi connectivity index (χ3v) is 4.04. The first-order valence-corrected chi connectivity index (χ1v) is 8.56. The van der Waals surface area contributed by atoms with Gasteiger partial charge in [0.15, 0.2) is 6.61 Å². The molecule has 142 valence electrons. The number of amides is 1. The first-order chi connectivity index (χ1) is 12.8. The molecule has 0 unspecified atom stereocenters. The zero-order valence-corrected chi connectivity index (χ0v) is 14.7. The molecular weight excluding hydrogens is 357 g/mol. The zero-order chi connectivity index (χ0) is 19.4. The number of hydrogen-bond acceptors (Lipinski definition) is 2. The fourth-order valence-corrected chi connectivity index (χ4v) is 2.75. The van der Waals surface area contributed by atoms with E-state index in [9.17, 15) is 18.0 Å². The van der Waals surface area contributed by atoms with Gasteiger partial charge in [0.05, 0.1) is 0 Å². The van der Waals surface area contributed by atoms with E-state index >= 15 is 0 Å². The van der Waals surface area contributed by atoms with E-state index in [-0.39, 0.29) is 6.61 Å². The lowest BCUT2D eigenvalue weighted by molar-refractivity contribution is -0.140. The standard InChI is InChI=1S/C20H19F3N2O2/c1-2-3-13-4-7-16(8-5-13)27-12-19(26)24-15-6-9-17-14(10-15)11-18(25-17)20(21,22)23/h4-11,25H,2-3,12H2,1H3,(H,24,26). The van der Waals surface area contributed by atoms with Crippen molar-refractivity contribution in [1.82, 2.24) is 4.98 Å². The zero-order valence-electron chi connectivity index (χ0n) is 14.7. The Labute approximate surface area is 154 Å². The molecule has 0 aliphatic rings. The smallest absolute Gasteiger partial charge is 0.431 e. The van der Waals surface area contributed by atoms with Crippen LogP contribution in [0.3, 0.4) is 0 Å². The molecule has 3 aromatic rings. The van der Waals surface area contributed by atoms with Gasteiger partial charge in [-0.15, -0.1) is 0 Å². The molecule has 7 heteroatoms. The molecule has 0 atom stereocenters. The number of hydrogen-bond donors (Lipinski definition) is 2. The second-order valence-corrected chi connectivity index (χ2v) is 6.21. The summed E-state index contributed by atoms with van der Waals surface area (Å²) < 4.78 is 43.7. The topological polar surface area (TPSA) is 54.1 Å². The number of H-pyrrole nitrogens is 1. The predicted molar refractivity (Wildman–Crippen MR) is 97.9 cm³/mol. The fraction of sp³-hybridized carbons (Fsp3) is 0.250. The van der Waals surface area contributed by atoms with Crippen LogP contribution in [0.1, 0.15) is 24.6 Å². The first-order valence-electron chi connectivity index (χ1n) is 8.56. The monoisotopic (exact) mass is 376 g/mol. The van der Waals surface area contributed by atoms with Crippen LogP contribution in [0.5, 0.6) is 5.75 Å². The number of halogens is 3. The fourth-order valence-electron chi connectivity index (χ4n) is 2.75. The summed E-state index contributed by atoms with van der Waals surface area (Å²) in [6.07, 6.45) is -2.40. The molecule has 3 rings (SSSR count). The molecule has 0 spiro atoms. The molecule has 0 fully saturated rings. The van der Waals surface area contributed by atoms with E-state index in [2.05, 4.69) is 17.2 Å². The van der Waals surface area contributed by atoms with Gasteiger partial charge in [-0.2, -0.15) is 13.2 Å². The molecule has 0 aliphatic heterocycles. The minimum Gasteiger partial charge on any atom is -0.484 e. The van der Waals surface area contributed by atoms with Crippen molar-refractivity contribution in [3.05, 3.63) is 59.8 Å². The number of aromatic amines is 1. The maximum atomic E-state index is 12.7. The maximum Gasteiger partial charge on any atom is 0.431 e. The van der Waals surface area contributed by atoms with E-state index in [0.717, 1.165) is 18.9 Å². The van der Waals surface area contributed by atoms with Crippen molar-refractivity contribution >= 4 is 22.5 Å². The van der Waals surface area contributed by atoms with Gasteiger partial charge < -0.3 is 15.0 Å². The minimum absolute atomic E-state index is 0.188. The number of anilines is 1. The second kappa shape index (κ2) is 7.73. The number of alkyl halides is 3. The SMILES string of the molecule is CCCc1ccc(OCC(=O)Nc2ccc3[nH]c(C(F)(F)F)cc3c2)cc1. The Kier molecular flexibility index (Phi) is 5.39. The Morgan fingerprint density at radius 1 is 1.11 bits per heavy atom. The van der Waals surface area contributed by atoms with Gasteiger partial charge >= 0.3 is 6.18 Å². The van der Waals surface area contributed by atoms with Gasteiger partial charge in [-0.05, 0) is 48.4 Å². The lowest BCUT2D eigenvalue weighted by Crippen LogP contribution is -2.20. The van der Waals surface area contributed by atoms with Crippen LogP contribution in [-0.4, -0.2) is 17.5 Å². The van der Waals surface area contributed by atoms with Gasteiger partial charge in [0, 0.05) is 16.6 Å². The lowest BCUT2D eigenvalue weighted by Gasteiger charge is -2.08. The third kappa shape index (κ3) is 4.81. The maximum absolute atomic E-state index is 12.7. The molecule has 0 bridgehead atoms. The van der Waals surface area contributed by atoms with Gasteiger partial charge in [0.1, 0.15) is 11.4 Å². The van der Waals surface area contributed by atoms with E-state index in [1.165, 1.54) is 23.8 Å². The highest BCUT2D eigenvalue weighted by Crippen LogP contribution is 2.31. The molecule has 1 amide bonds. The molecule has 1 heterocycles. The molecule has 0 saturated carbocycles. The van der Waals surface area contributed by atoms with Crippen molar-refractivity contribution < 1.29 is 22.7 Å². The van der Waals surface area contributed by atoms with Crippen LogP contribution in [0.25, 0.3) is 10.9 Å². The average molecular weight is 376 g/mol. The summed E-state index contributed by atoms with van der Waals surface area (Å²) >= 11 is 0. The van der Waals surface area contributed by atoms with Crippen molar-refractivity contribution in [2.45, 2.75) is 25.9 Å². The molecule has 1 aromatic heterocycles. The van der Waals surface area contributed by atoms with Crippen LogP contribution >= 0.6 is 0 Å². The van der Waals surface area contributed by atoms with E-state index < -0.39 is 17.8 Å². The van der Waals surface area contributed by atoms with Gasteiger partial charge in [-0.25, -0.2) is 0 Å². The molecule has 0 aliphatic carbocycles. The van der Waals surface area contributed by atoms with Crippen LogP contribution in [0.4, 0.5) is 18.9 Å². The predicted octanol–water partition coefficient (Wildman–Crippen LogP) is 5.16. The van der Waals surface area contributed by atoms with Crippen molar-refractivity contribution in [1.29, 1.82) is 0 Å². The summed E-state index contributed by atoms with van der Waals surface area (Å²) in [6.45, 7) is 1.91. The van der Waals surface area contributed by atoms with Gasteiger partial charge in [-0.1, -0.05) is 25.5 Å². The summed E-state index contributed by atoms with van der Waals surface area (Å²) in [7, 11) is 0. The van der Waals surface area contributed by atoms with Crippen LogP contribution in [0.2, 0.25) is 0 Å². The number of nitrogens with one attached hydrogen (secondary N) is 2. The van der Waals surface area contributed by atoms with Crippen molar-refractivity contribution in [2.24, 2.45) is 0 Å². The van der Waals surface area contributed by atoms with Crippen LogP contribution in [-0.2, 0) is 17.4 Å². The van der Waals surface area contributed by atoms with E-state index in [1.54, 1.807) is 0 Å². The number of aryl methyl sites for hydroxylation is 1. The molecule has 2 aromatic carbocycles. The first kappa shape index (κ1) is 18.8. The molecule has 27 heavy (non-hydrogen) atoms. The quantitative estimate of drug-likeness (QED) is 0.625. The Balaban J connectivity index is 1.60. The van der Waals surface area contributed by atoms with E-state index in [1.807, 2.05) is 24.3 Å². The average Bonchev–Trinajstić information content (AvgIpc) is 3.05. The molecule has 0 saturated heterocycles. The molecule has 0 radical (unpaired) electrons. The van der Waals surface area contributed by atoms with Crippen molar-refractivity contribution in [3.8, 4) is 5.75 Å². The molecular formula is C20H19F3N2O2. The second-order valence-electron chi connectivity index (χ2n) is 6.21. The highest BCUT2D eigenvalue weighted by molar-refractivity contribution is 5.94. The normalized spacial score (nSPS) is 11.6. The summed E-state index contributed by atoms with van der Waals surface area (Å²) in [5.41, 5.74) is 1.13. The minimum atomic E-state index is -4.44. The Morgan fingerprint density at radius 3 is 2.52 bits per heavy atom. The molecule has 4 nitrogen and oxygen atoms in total. The number of carbonyl (C=O) groups is 1. The summed E-state index contributed by atoms with van der Waals surface area (Å²) in [5, 5.41) is 2.99. The van der Waals surface area contributed by atoms with E-state index in [4.69, 9.17) is 4.74 Å². The highest BCUT2D eigenvalue weighted by atomic mass is 19.4. The third-order valence-electron chi connectivity index (χ3n) is 4.04. The highest BCUT2D eigenvalue weighted by Gasteiger charge is 2.32. The van der Waals surface area contributed by atoms with Crippen LogP contribution in [0, 0.1) is 0 Å². The largest absolute Gasteiger partial charge is 0.484 e. The van der Waals surface area contributed by atoms with Gasteiger partial charge in [-0.3, -0.25) is 4.79 Å². The number of aromatic nitrogens is 1. The van der Waals surface area contributed by atoms with Crippen LogP contribution < -0.4 is 10.1 Å². The Morgan fingerprint density at radius 2 is 1.85 bits per heavy atom. The van der Waals surface area contributed by atoms with Gasteiger partial charge in [0.2, 0.25) is 0 Å². The van der Waals surface area contributed by atoms with Gasteiger partial charge in [0.25, 0.3) is 5.91 Å². The summed E-state index contributed by atoms with van der Waals surface area (Å²) in [5.74, 6) is 0.194. The number of ether oxygens (including phenoxy) is 1. The lowest BCUT2D eigenvalue weighted by atomic mass is 10.1. The van der Waals surface area contributed by atoms with E-state index in [0.29, 0.717) is 22.3 Å². The Hall–Kier alpha value is -2.96. The van der Waals surface area contributed by atoms with Crippen molar-refractivity contribution in [2.75, 3.05) is 11.9 Å². The Bertz CT molecular complexity index is 931. The number of rotatable bonds is 6. The van der Waals surface area contributed by atoms with Crippen molar-refractivity contribution in [3.63, 3.8) is 0 Å². The number of carbonyl (C=O) groups excluding carboxylic acids is 1. The van der Waals surface area contributed by atoms with Crippen LogP contribution in [0.15, 0.2) is 48.5 Å². The summed E-state index contributed by atoms with van der Waals surface area (Å²) in [6, 6.07) is 13.1. The number of fused-ring (bicyclic) bond motifs is 1. The summed E-state index contributed by atoms with van der Waals surface area (Å²) in [4.78, 5) is 14.3.